The summed E-state index contributed by atoms with van der Waals surface area (Å²) in [5.41, 5.74) is 2.75. The van der Waals surface area contributed by atoms with Gasteiger partial charge in [0.25, 0.3) is 0 Å². The van der Waals surface area contributed by atoms with Crippen molar-refractivity contribution >= 4 is 10.0 Å². The first-order valence-corrected chi connectivity index (χ1v) is 12.4. The van der Waals surface area contributed by atoms with E-state index in [1.54, 1.807) is 12.4 Å². The summed E-state index contributed by atoms with van der Waals surface area (Å²) in [6.45, 7) is 6.03. The molecule has 0 radical (unpaired) electrons. The minimum atomic E-state index is -3.97. The SMILES string of the molecule is Cc1ccc(OC[C@@H](O)CNC(C)(C)Cc2ccc(S(N)(=O)=O)cc2F)c(-c2ccncc2)c1. The second kappa shape index (κ2) is 10.6. The van der Waals surface area contributed by atoms with Crippen LogP contribution in [0.15, 0.2) is 65.8 Å². The first-order chi connectivity index (χ1) is 15.9. The molecule has 0 saturated heterocycles. The fraction of sp³-hybridized carbons (Fsp3) is 0.320. The quantitative estimate of drug-likeness (QED) is 0.405. The molecule has 0 fully saturated rings. The Morgan fingerprint density at radius 2 is 1.85 bits per heavy atom. The second-order valence-corrected chi connectivity index (χ2v) is 10.5. The number of aliphatic hydroxyl groups excluding tert-OH is 1. The van der Waals surface area contributed by atoms with Crippen LogP contribution in [0.5, 0.6) is 5.75 Å². The molecular formula is C25H30FN3O4S. The predicted octanol–water partition coefficient (Wildman–Crippen LogP) is 3.19. The summed E-state index contributed by atoms with van der Waals surface area (Å²) in [4.78, 5) is 3.78. The van der Waals surface area contributed by atoms with E-state index in [4.69, 9.17) is 9.88 Å². The molecule has 1 aromatic heterocycles. The third-order valence-electron chi connectivity index (χ3n) is 5.36. The van der Waals surface area contributed by atoms with Crippen LogP contribution in [-0.4, -0.2) is 43.3 Å². The van der Waals surface area contributed by atoms with Crippen molar-refractivity contribution in [2.45, 2.75) is 43.7 Å². The van der Waals surface area contributed by atoms with E-state index in [0.29, 0.717) is 11.3 Å². The maximum Gasteiger partial charge on any atom is 0.238 e. The smallest absolute Gasteiger partial charge is 0.238 e. The molecule has 182 valence electrons. The maximum absolute atomic E-state index is 14.4. The van der Waals surface area contributed by atoms with Gasteiger partial charge in [0.05, 0.1) is 4.90 Å². The zero-order chi connectivity index (χ0) is 24.9. The number of nitrogens with two attached hydrogens (primary N) is 1. The van der Waals surface area contributed by atoms with Crippen molar-refractivity contribution in [2.75, 3.05) is 13.2 Å². The Morgan fingerprint density at radius 1 is 1.15 bits per heavy atom. The lowest BCUT2D eigenvalue weighted by Crippen LogP contribution is -2.46. The topological polar surface area (TPSA) is 115 Å². The Balaban J connectivity index is 1.59. The number of pyridine rings is 1. The summed E-state index contributed by atoms with van der Waals surface area (Å²) in [5, 5.41) is 18.8. The number of nitrogens with zero attached hydrogens (tertiary/aromatic N) is 1. The van der Waals surface area contributed by atoms with Crippen molar-refractivity contribution in [3.8, 4) is 16.9 Å². The van der Waals surface area contributed by atoms with Gasteiger partial charge in [0.1, 0.15) is 24.3 Å². The average molecular weight is 488 g/mol. The molecule has 0 amide bonds. The highest BCUT2D eigenvalue weighted by molar-refractivity contribution is 7.89. The number of rotatable bonds is 10. The molecule has 0 bridgehead atoms. The molecule has 0 aliphatic heterocycles. The molecule has 0 saturated carbocycles. The average Bonchev–Trinajstić information content (AvgIpc) is 2.78. The van der Waals surface area contributed by atoms with Gasteiger partial charge >= 0.3 is 0 Å². The van der Waals surface area contributed by atoms with E-state index in [1.807, 2.05) is 51.1 Å². The largest absolute Gasteiger partial charge is 0.490 e. The number of halogens is 1. The van der Waals surface area contributed by atoms with Crippen LogP contribution < -0.4 is 15.2 Å². The van der Waals surface area contributed by atoms with Crippen LogP contribution in [-0.2, 0) is 16.4 Å². The zero-order valence-electron chi connectivity index (χ0n) is 19.5. The first kappa shape index (κ1) is 25.8. The number of benzene rings is 2. The van der Waals surface area contributed by atoms with Gasteiger partial charge in [0, 0.05) is 30.0 Å². The summed E-state index contributed by atoms with van der Waals surface area (Å²) in [6, 6.07) is 13.3. The Kier molecular flexibility index (Phi) is 8.04. The van der Waals surface area contributed by atoms with Gasteiger partial charge in [-0.2, -0.15) is 0 Å². The molecule has 34 heavy (non-hydrogen) atoms. The fourth-order valence-electron chi connectivity index (χ4n) is 3.55. The lowest BCUT2D eigenvalue weighted by molar-refractivity contribution is 0.0990. The third-order valence-corrected chi connectivity index (χ3v) is 6.27. The van der Waals surface area contributed by atoms with E-state index in [2.05, 4.69) is 10.3 Å². The number of nitrogens with one attached hydrogen (secondary N) is 1. The van der Waals surface area contributed by atoms with Crippen LogP contribution >= 0.6 is 0 Å². The molecule has 0 aliphatic rings. The molecule has 0 unspecified atom stereocenters. The van der Waals surface area contributed by atoms with Crippen LogP contribution in [0.4, 0.5) is 4.39 Å². The summed E-state index contributed by atoms with van der Waals surface area (Å²) >= 11 is 0. The van der Waals surface area contributed by atoms with Gasteiger partial charge in [0.15, 0.2) is 0 Å². The summed E-state index contributed by atoms with van der Waals surface area (Å²) < 4.78 is 43.1. The van der Waals surface area contributed by atoms with E-state index in [1.165, 1.54) is 12.1 Å². The van der Waals surface area contributed by atoms with Gasteiger partial charge < -0.3 is 15.2 Å². The number of primary sulfonamides is 1. The van der Waals surface area contributed by atoms with Crippen LogP contribution in [0.25, 0.3) is 11.1 Å². The van der Waals surface area contributed by atoms with Crippen molar-refractivity contribution < 1.29 is 22.7 Å². The molecule has 9 heteroatoms. The Hall–Kier alpha value is -2.85. The van der Waals surface area contributed by atoms with Gasteiger partial charge in [0.2, 0.25) is 10.0 Å². The number of hydrogen-bond acceptors (Lipinski definition) is 6. The lowest BCUT2D eigenvalue weighted by atomic mass is 9.94. The van der Waals surface area contributed by atoms with Gasteiger partial charge in [-0.25, -0.2) is 17.9 Å². The summed E-state index contributed by atoms with van der Waals surface area (Å²) in [5.74, 6) is 0.0143. The molecule has 0 spiro atoms. The van der Waals surface area contributed by atoms with E-state index in [9.17, 15) is 17.9 Å². The second-order valence-electron chi connectivity index (χ2n) is 8.94. The molecule has 1 heterocycles. The Labute approximate surface area is 199 Å². The van der Waals surface area contributed by atoms with Crippen molar-refractivity contribution in [1.29, 1.82) is 0 Å². The normalized spacial score (nSPS) is 13.0. The van der Waals surface area contributed by atoms with Gasteiger partial charge in [-0.05, 0) is 74.7 Å². The fourth-order valence-corrected chi connectivity index (χ4v) is 4.08. The van der Waals surface area contributed by atoms with Crippen LogP contribution in [0, 0.1) is 12.7 Å². The Morgan fingerprint density at radius 3 is 2.50 bits per heavy atom. The number of aliphatic hydroxyl groups is 1. The summed E-state index contributed by atoms with van der Waals surface area (Å²) in [7, 11) is -3.97. The molecule has 2 aromatic carbocycles. The number of ether oxygens (including phenoxy) is 1. The van der Waals surface area contributed by atoms with Gasteiger partial charge in [-0.15, -0.1) is 0 Å². The highest BCUT2D eigenvalue weighted by Crippen LogP contribution is 2.30. The van der Waals surface area contributed by atoms with Crippen molar-refractivity contribution in [3.63, 3.8) is 0 Å². The molecule has 4 N–H and O–H groups in total. The third kappa shape index (κ3) is 7.07. The molecule has 3 aromatic rings. The standard InChI is InChI=1S/C25H30FN3O4S/c1-17-4-7-24(22(12-17)18-8-10-28-11-9-18)33-16-20(30)15-29-25(2,3)14-19-5-6-21(13-23(19)26)34(27,31)32/h4-13,20,29-30H,14-16H2,1-3H3,(H2,27,31,32)/t20-/m0/s1. The van der Waals surface area contributed by atoms with E-state index in [0.717, 1.165) is 22.8 Å². The number of aromatic nitrogens is 1. The number of hydrogen-bond donors (Lipinski definition) is 3. The maximum atomic E-state index is 14.4. The summed E-state index contributed by atoms with van der Waals surface area (Å²) in [6.07, 6.45) is 2.91. The molecule has 7 nitrogen and oxygen atoms in total. The highest BCUT2D eigenvalue weighted by Gasteiger charge is 2.22. The highest BCUT2D eigenvalue weighted by atomic mass is 32.2. The lowest BCUT2D eigenvalue weighted by Gasteiger charge is -2.28. The number of β-amino-alcohol motifs (C(OH)–C–C–N with tert-alkyl or cyclic N) is 1. The Bertz CT molecular complexity index is 1230. The predicted molar refractivity (Wildman–Crippen MR) is 129 cm³/mol. The van der Waals surface area contributed by atoms with Crippen molar-refractivity contribution in [2.24, 2.45) is 5.14 Å². The van der Waals surface area contributed by atoms with Crippen molar-refractivity contribution in [3.05, 3.63) is 77.9 Å². The van der Waals surface area contributed by atoms with Crippen LogP contribution in [0.1, 0.15) is 25.0 Å². The van der Waals surface area contributed by atoms with Gasteiger partial charge in [-0.1, -0.05) is 17.7 Å². The monoisotopic (exact) mass is 487 g/mol. The molecule has 3 rings (SSSR count). The van der Waals surface area contributed by atoms with Crippen molar-refractivity contribution in [1.82, 2.24) is 10.3 Å². The minimum Gasteiger partial charge on any atom is -0.490 e. The van der Waals surface area contributed by atoms with Gasteiger partial charge in [-0.3, -0.25) is 4.98 Å². The minimum absolute atomic E-state index is 0.0711. The molecule has 1 atom stereocenters. The molecule has 0 aliphatic carbocycles. The van der Waals surface area contributed by atoms with E-state index >= 15 is 0 Å². The van der Waals surface area contributed by atoms with E-state index in [-0.39, 0.29) is 24.5 Å². The molecular weight excluding hydrogens is 457 g/mol. The van der Waals surface area contributed by atoms with E-state index < -0.39 is 27.5 Å². The van der Waals surface area contributed by atoms with Crippen LogP contribution in [0.3, 0.4) is 0 Å². The van der Waals surface area contributed by atoms with Crippen LogP contribution in [0.2, 0.25) is 0 Å². The number of aryl methyl sites for hydroxylation is 1. The number of sulfonamides is 1. The zero-order valence-corrected chi connectivity index (χ0v) is 20.3. The first-order valence-electron chi connectivity index (χ1n) is 10.8.